The number of carbonyl (C=O) groups is 2. The SMILES string of the molecule is CC(C)COC(=O)/C=C\C(=O)NC(C)C. The fourth-order valence-electron chi connectivity index (χ4n) is 0.773. The summed E-state index contributed by atoms with van der Waals surface area (Å²) in [5, 5.41) is 2.63. The lowest BCUT2D eigenvalue weighted by Gasteiger charge is -2.05. The van der Waals surface area contributed by atoms with Gasteiger partial charge >= 0.3 is 5.97 Å². The van der Waals surface area contributed by atoms with Crippen molar-refractivity contribution in [2.24, 2.45) is 5.92 Å². The first-order valence-corrected chi connectivity index (χ1v) is 5.07. The molecule has 4 nitrogen and oxygen atoms in total. The first-order chi connectivity index (χ1) is 6.91. The van der Waals surface area contributed by atoms with Crippen LogP contribution in [-0.4, -0.2) is 24.5 Å². The Hall–Kier alpha value is -1.32. The van der Waals surface area contributed by atoms with Crippen molar-refractivity contribution in [3.8, 4) is 0 Å². The lowest BCUT2D eigenvalue weighted by Crippen LogP contribution is -2.28. The molecule has 1 N–H and O–H groups in total. The van der Waals surface area contributed by atoms with Gasteiger partial charge in [-0.15, -0.1) is 0 Å². The van der Waals surface area contributed by atoms with E-state index in [1.807, 2.05) is 27.7 Å². The molecule has 0 aromatic rings. The van der Waals surface area contributed by atoms with Crippen LogP contribution in [0.1, 0.15) is 27.7 Å². The van der Waals surface area contributed by atoms with Crippen molar-refractivity contribution in [2.75, 3.05) is 6.61 Å². The summed E-state index contributed by atoms with van der Waals surface area (Å²) in [4.78, 5) is 22.1. The third-order valence-corrected chi connectivity index (χ3v) is 1.36. The maximum absolute atomic E-state index is 11.1. The van der Waals surface area contributed by atoms with Gasteiger partial charge < -0.3 is 10.1 Å². The highest BCUT2D eigenvalue weighted by Gasteiger charge is 2.02. The molecule has 0 aliphatic rings. The summed E-state index contributed by atoms with van der Waals surface area (Å²) in [7, 11) is 0. The van der Waals surface area contributed by atoms with Crippen LogP contribution in [0.25, 0.3) is 0 Å². The van der Waals surface area contributed by atoms with Gasteiger partial charge in [0.05, 0.1) is 6.61 Å². The predicted octanol–water partition coefficient (Wildman–Crippen LogP) is 1.27. The van der Waals surface area contributed by atoms with Gasteiger partial charge in [0.1, 0.15) is 0 Å². The van der Waals surface area contributed by atoms with Crippen LogP contribution in [-0.2, 0) is 14.3 Å². The largest absolute Gasteiger partial charge is 0.462 e. The molecule has 1 amide bonds. The average Bonchev–Trinajstić information content (AvgIpc) is 2.10. The van der Waals surface area contributed by atoms with E-state index in [2.05, 4.69) is 5.32 Å². The van der Waals surface area contributed by atoms with Crippen molar-refractivity contribution in [2.45, 2.75) is 33.7 Å². The van der Waals surface area contributed by atoms with Crippen molar-refractivity contribution < 1.29 is 14.3 Å². The quantitative estimate of drug-likeness (QED) is 0.552. The standard InChI is InChI=1S/C11H19NO3/c1-8(2)7-15-11(14)6-5-10(13)12-9(3)4/h5-6,8-9H,7H2,1-4H3,(H,12,13)/b6-5-. The molecule has 0 heterocycles. The highest BCUT2D eigenvalue weighted by molar-refractivity contribution is 5.94. The maximum Gasteiger partial charge on any atom is 0.330 e. The Morgan fingerprint density at radius 2 is 1.80 bits per heavy atom. The van der Waals surface area contributed by atoms with Crippen molar-refractivity contribution in [1.82, 2.24) is 5.32 Å². The first kappa shape index (κ1) is 13.7. The molecule has 86 valence electrons. The number of amides is 1. The van der Waals surface area contributed by atoms with Crippen LogP contribution in [0.5, 0.6) is 0 Å². The molecule has 0 rings (SSSR count). The smallest absolute Gasteiger partial charge is 0.330 e. The minimum atomic E-state index is -0.484. The molecule has 0 bridgehead atoms. The maximum atomic E-state index is 11.1. The Bertz CT molecular complexity index is 244. The second-order valence-corrected chi connectivity index (χ2v) is 4.02. The van der Waals surface area contributed by atoms with E-state index in [0.717, 1.165) is 6.08 Å². The molecule has 0 aliphatic carbocycles. The van der Waals surface area contributed by atoms with Crippen LogP contribution in [0.2, 0.25) is 0 Å². The molecular weight excluding hydrogens is 194 g/mol. The van der Waals surface area contributed by atoms with Crippen molar-refractivity contribution in [3.63, 3.8) is 0 Å². The van der Waals surface area contributed by atoms with E-state index in [1.54, 1.807) is 0 Å². The molecule has 0 aliphatic heterocycles. The van der Waals surface area contributed by atoms with Gasteiger partial charge in [0.15, 0.2) is 0 Å². The summed E-state index contributed by atoms with van der Waals surface area (Å²) in [5.74, 6) is -0.471. The minimum Gasteiger partial charge on any atom is -0.462 e. The zero-order valence-corrected chi connectivity index (χ0v) is 9.74. The lowest BCUT2D eigenvalue weighted by molar-refractivity contribution is -0.139. The monoisotopic (exact) mass is 213 g/mol. The summed E-state index contributed by atoms with van der Waals surface area (Å²) < 4.78 is 4.85. The van der Waals surface area contributed by atoms with Crippen LogP contribution in [0.3, 0.4) is 0 Å². The van der Waals surface area contributed by atoms with E-state index < -0.39 is 5.97 Å². The van der Waals surface area contributed by atoms with E-state index in [1.165, 1.54) is 6.08 Å². The molecule has 0 aromatic carbocycles. The van der Waals surface area contributed by atoms with E-state index >= 15 is 0 Å². The molecule has 0 atom stereocenters. The topological polar surface area (TPSA) is 55.4 Å². The van der Waals surface area contributed by atoms with Crippen LogP contribution in [0, 0.1) is 5.92 Å². The minimum absolute atomic E-state index is 0.0637. The normalized spacial score (nSPS) is 11.1. The summed E-state index contributed by atoms with van der Waals surface area (Å²) in [6, 6.07) is 0.0637. The van der Waals surface area contributed by atoms with Crippen molar-refractivity contribution in [1.29, 1.82) is 0 Å². The van der Waals surface area contributed by atoms with Gasteiger partial charge in [-0.2, -0.15) is 0 Å². The Morgan fingerprint density at radius 3 is 2.27 bits per heavy atom. The molecule has 0 unspecified atom stereocenters. The Balaban J connectivity index is 3.85. The molecule has 0 saturated carbocycles. The van der Waals surface area contributed by atoms with Crippen molar-refractivity contribution in [3.05, 3.63) is 12.2 Å². The van der Waals surface area contributed by atoms with E-state index in [9.17, 15) is 9.59 Å². The number of carbonyl (C=O) groups excluding carboxylic acids is 2. The Kier molecular flexibility index (Phi) is 6.42. The van der Waals surface area contributed by atoms with E-state index in [0.29, 0.717) is 12.5 Å². The fourth-order valence-corrected chi connectivity index (χ4v) is 0.773. The van der Waals surface area contributed by atoms with Gasteiger partial charge in [-0.3, -0.25) is 4.79 Å². The van der Waals surface area contributed by atoms with E-state index in [4.69, 9.17) is 4.74 Å². The molecule has 0 fully saturated rings. The van der Waals surface area contributed by atoms with Gasteiger partial charge in [0.2, 0.25) is 5.91 Å². The van der Waals surface area contributed by atoms with Gasteiger partial charge in [-0.05, 0) is 19.8 Å². The summed E-state index contributed by atoms with van der Waals surface area (Å²) in [6.45, 7) is 7.96. The third-order valence-electron chi connectivity index (χ3n) is 1.36. The first-order valence-electron chi connectivity index (χ1n) is 5.07. The van der Waals surface area contributed by atoms with Gasteiger partial charge in [-0.1, -0.05) is 13.8 Å². The lowest BCUT2D eigenvalue weighted by atomic mass is 10.2. The Labute approximate surface area is 90.7 Å². The second-order valence-electron chi connectivity index (χ2n) is 4.02. The number of nitrogens with one attached hydrogen (secondary N) is 1. The average molecular weight is 213 g/mol. The van der Waals surface area contributed by atoms with Gasteiger partial charge in [0, 0.05) is 18.2 Å². The predicted molar refractivity (Wildman–Crippen MR) is 58.2 cm³/mol. The number of ether oxygens (including phenoxy) is 1. The van der Waals surface area contributed by atoms with Crippen molar-refractivity contribution >= 4 is 11.9 Å². The number of hydrogen-bond acceptors (Lipinski definition) is 3. The number of esters is 1. The van der Waals surface area contributed by atoms with Gasteiger partial charge in [-0.25, -0.2) is 4.79 Å². The van der Waals surface area contributed by atoms with Gasteiger partial charge in [0.25, 0.3) is 0 Å². The molecule has 15 heavy (non-hydrogen) atoms. The number of rotatable bonds is 5. The highest BCUT2D eigenvalue weighted by Crippen LogP contribution is 1.93. The summed E-state index contributed by atoms with van der Waals surface area (Å²) >= 11 is 0. The van der Waals surface area contributed by atoms with Crippen LogP contribution >= 0.6 is 0 Å². The molecule has 4 heteroatoms. The number of hydrogen-bond donors (Lipinski definition) is 1. The second kappa shape index (κ2) is 7.04. The zero-order valence-electron chi connectivity index (χ0n) is 9.74. The summed E-state index contributed by atoms with van der Waals surface area (Å²) in [6.07, 6.45) is 2.32. The van der Waals surface area contributed by atoms with Crippen LogP contribution in [0.15, 0.2) is 12.2 Å². The molecule has 0 aromatic heterocycles. The fraction of sp³-hybridized carbons (Fsp3) is 0.636. The highest BCUT2D eigenvalue weighted by atomic mass is 16.5. The molecule has 0 radical (unpaired) electrons. The van der Waals surface area contributed by atoms with E-state index in [-0.39, 0.29) is 11.9 Å². The van der Waals surface area contributed by atoms with Crippen LogP contribution in [0.4, 0.5) is 0 Å². The zero-order chi connectivity index (χ0) is 11.8. The molecule has 0 spiro atoms. The third kappa shape index (κ3) is 9.00. The van der Waals surface area contributed by atoms with Crippen LogP contribution < -0.4 is 5.32 Å². The molecule has 0 saturated heterocycles. The molecular formula is C11H19NO3. The Morgan fingerprint density at radius 1 is 1.20 bits per heavy atom. The summed E-state index contributed by atoms with van der Waals surface area (Å²) in [5.41, 5.74) is 0.